The first kappa shape index (κ1) is 15.2. The normalized spacial score (nSPS) is 14.8. The van der Waals surface area contributed by atoms with Crippen molar-refractivity contribution in [3.05, 3.63) is 65.2 Å². The number of ether oxygens (including phenoxy) is 1. The minimum absolute atomic E-state index is 0.280. The van der Waals surface area contributed by atoms with Crippen molar-refractivity contribution in [1.82, 2.24) is 4.90 Å². The lowest BCUT2D eigenvalue weighted by atomic mass is 10.0. The highest BCUT2D eigenvalue weighted by Crippen LogP contribution is 2.26. The van der Waals surface area contributed by atoms with E-state index in [4.69, 9.17) is 4.74 Å². The van der Waals surface area contributed by atoms with Gasteiger partial charge in [0.25, 0.3) is 11.8 Å². The number of amides is 2. The van der Waals surface area contributed by atoms with Gasteiger partial charge in [-0.15, -0.1) is 0 Å². The quantitative estimate of drug-likeness (QED) is 0.856. The Labute approximate surface area is 134 Å². The Balaban J connectivity index is 1.84. The van der Waals surface area contributed by atoms with Gasteiger partial charge in [0.1, 0.15) is 5.75 Å². The van der Waals surface area contributed by atoms with Crippen LogP contribution in [0.5, 0.6) is 5.75 Å². The molecular formula is C18H17NO4. The maximum Gasteiger partial charge on any atom is 0.261 e. The molecule has 0 fully saturated rings. The number of hydrogen-bond acceptors (Lipinski definition) is 4. The standard InChI is InChI=1S/C18H17NO4/c1-23-14-8-6-12(7-9-14)10-13(11-20)19-17(21)15-4-2-3-5-16(15)18(19)22/h2-9,13,20H,10-11H2,1H3/t13-/m0/s1. The zero-order chi connectivity index (χ0) is 16.4. The highest BCUT2D eigenvalue weighted by Gasteiger charge is 2.39. The van der Waals surface area contributed by atoms with Crippen LogP contribution >= 0.6 is 0 Å². The van der Waals surface area contributed by atoms with Crippen molar-refractivity contribution in [1.29, 1.82) is 0 Å². The van der Waals surface area contributed by atoms with Crippen LogP contribution in [-0.4, -0.2) is 41.6 Å². The van der Waals surface area contributed by atoms with Crippen LogP contribution in [0.3, 0.4) is 0 Å². The number of imide groups is 1. The molecule has 0 saturated heterocycles. The zero-order valence-corrected chi connectivity index (χ0v) is 12.7. The average molecular weight is 311 g/mol. The first-order valence-corrected chi connectivity index (χ1v) is 7.36. The van der Waals surface area contributed by atoms with E-state index in [1.54, 1.807) is 31.4 Å². The third-order valence-corrected chi connectivity index (χ3v) is 4.03. The van der Waals surface area contributed by atoms with Gasteiger partial charge in [0, 0.05) is 0 Å². The summed E-state index contributed by atoms with van der Waals surface area (Å²) in [5.74, 6) is 0.0337. The van der Waals surface area contributed by atoms with Gasteiger partial charge in [-0.05, 0) is 36.2 Å². The van der Waals surface area contributed by atoms with Crippen molar-refractivity contribution < 1.29 is 19.4 Å². The van der Waals surface area contributed by atoms with Gasteiger partial charge in [-0.1, -0.05) is 24.3 Å². The van der Waals surface area contributed by atoms with Crippen molar-refractivity contribution in [2.45, 2.75) is 12.5 Å². The van der Waals surface area contributed by atoms with Crippen LogP contribution < -0.4 is 4.74 Å². The fourth-order valence-corrected chi connectivity index (χ4v) is 2.81. The lowest BCUT2D eigenvalue weighted by molar-refractivity contribution is 0.0516. The number of rotatable bonds is 5. The predicted octanol–water partition coefficient (Wildman–Crippen LogP) is 1.89. The molecule has 0 unspecified atom stereocenters. The number of carbonyl (C=O) groups is 2. The highest BCUT2D eigenvalue weighted by atomic mass is 16.5. The van der Waals surface area contributed by atoms with E-state index in [1.165, 1.54) is 0 Å². The van der Waals surface area contributed by atoms with E-state index in [9.17, 15) is 14.7 Å². The van der Waals surface area contributed by atoms with Gasteiger partial charge in [0.05, 0.1) is 30.9 Å². The number of nitrogens with zero attached hydrogens (tertiary/aromatic N) is 1. The molecule has 1 N–H and O–H groups in total. The molecule has 2 amide bonds. The fourth-order valence-electron chi connectivity index (χ4n) is 2.81. The maximum absolute atomic E-state index is 12.5. The van der Waals surface area contributed by atoms with Gasteiger partial charge < -0.3 is 9.84 Å². The molecule has 2 aromatic carbocycles. The Morgan fingerprint density at radius 2 is 1.57 bits per heavy atom. The van der Waals surface area contributed by atoms with Crippen molar-refractivity contribution in [3.8, 4) is 5.75 Å². The first-order valence-electron chi connectivity index (χ1n) is 7.36. The van der Waals surface area contributed by atoms with E-state index < -0.39 is 6.04 Å². The predicted molar refractivity (Wildman–Crippen MR) is 84.5 cm³/mol. The van der Waals surface area contributed by atoms with E-state index in [1.807, 2.05) is 24.3 Å². The molecule has 1 heterocycles. The summed E-state index contributed by atoms with van der Waals surface area (Å²) in [5, 5.41) is 9.69. The molecule has 0 saturated carbocycles. The number of hydrogen-bond donors (Lipinski definition) is 1. The molecule has 0 aliphatic carbocycles. The molecule has 5 heteroatoms. The van der Waals surface area contributed by atoms with Crippen molar-refractivity contribution >= 4 is 11.8 Å². The van der Waals surface area contributed by atoms with Crippen LogP contribution in [0.1, 0.15) is 26.3 Å². The molecular weight excluding hydrogens is 294 g/mol. The Morgan fingerprint density at radius 1 is 1.00 bits per heavy atom. The monoisotopic (exact) mass is 311 g/mol. The number of carbonyl (C=O) groups excluding carboxylic acids is 2. The molecule has 0 bridgehead atoms. The minimum atomic E-state index is -0.587. The van der Waals surface area contributed by atoms with Crippen LogP contribution in [0.2, 0.25) is 0 Å². The van der Waals surface area contributed by atoms with Crippen LogP contribution in [-0.2, 0) is 6.42 Å². The molecule has 5 nitrogen and oxygen atoms in total. The molecule has 1 aliphatic heterocycles. The van der Waals surface area contributed by atoms with E-state index in [2.05, 4.69) is 0 Å². The Kier molecular flexibility index (Phi) is 4.12. The summed E-state index contributed by atoms with van der Waals surface area (Å²) in [6.45, 7) is -0.280. The second-order valence-corrected chi connectivity index (χ2v) is 5.41. The molecule has 118 valence electrons. The largest absolute Gasteiger partial charge is 0.497 e. The molecule has 0 aromatic heterocycles. The number of methoxy groups -OCH3 is 1. The zero-order valence-electron chi connectivity index (χ0n) is 12.7. The molecule has 1 aliphatic rings. The maximum atomic E-state index is 12.5. The van der Waals surface area contributed by atoms with Crippen LogP contribution in [0, 0.1) is 0 Å². The molecule has 0 spiro atoms. The first-order chi connectivity index (χ1) is 11.2. The number of benzene rings is 2. The lowest BCUT2D eigenvalue weighted by Gasteiger charge is -2.24. The summed E-state index contributed by atoms with van der Waals surface area (Å²) in [7, 11) is 1.59. The van der Waals surface area contributed by atoms with Gasteiger partial charge in [-0.2, -0.15) is 0 Å². The SMILES string of the molecule is COc1ccc(C[C@@H](CO)N2C(=O)c3ccccc3C2=O)cc1. The fraction of sp³-hybridized carbons (Fsp3) is 0.222. The summed E-state index contributed by atoms with van der Waals surface area (Å²) in [4.78, 5) is 26.1. The summed E-state index contributed by atoms with van der Waals surface area (Å²) in [5.41, 5.74) is 1.71. The number of fused-ring (bicyclic) bond motifs is 1. The smallest absolute Gasteiger partial charge is 0.261 e. The van der Waals surface area contributed by atoms with E-state index in [0.29, 0.717) is 17.5 Å². The van der Waals surface area contributed by atoms with Gasteiger partial charge in [-0.25, -0.2) is 0 Å². The molecule has 0 radical (unpaired) electrons. The van der Waals surface area contributed by atoms with Crippen molar-refractivity contribution in [2.75, 3.05) is 13.7 Å². The van der Waals surface area contributed by atoms with Crippen molar-refractivity contribution in [2.24, 2.45) is 0 Å². The van der Waals surface area contributed by atoms with Gasteiger partial charge in [0.15, 0.2) is 0 Å². The Morgan fingerprint density at radius 3 is 2.04 bits per heavy atom. The highest BCUT2D eigenvalue weighted by molar-refractivity contribution is 6.21. The van der Waals surface area contributed by atoms with Crippen molar-refractivity contribution in [3.63, 3.8) is 0 Å². The summed E-state index contributed by atoms with van der Waals surface area (Å²) >= 11 is 0. The molecule has 1 atom stereocenters. The second-order valence-electron chi connectivity index (χ2n) is 5.41. The summed E-state index contributed by atoms with van der Waals surface area (Å²) in [6, 6.07) is 13.5. The molecule has 23 heavy (non-hydrogen) atoms. The lowest BCUT2D eigenvalue weighted by Crippen LogP contribution is -2.43. The minimum Gasteiger partial charge on any atom is -0.497 e. The second kappa shape index (κ2) is 6.22. The Hall–Kier alpha value is -2.66. The van der Waals surface area contributed by atoms with Gasteiger partial charge >= 0.3 is 0 Å². The summed E-state index contributed by atoms with van der Waals surface area (Å²) < 4.78 is 5.11. The summed E-state index contributed by atoms with van der Waals surface area (Å²) in [6.07, 6.45) is 0.395. The third kappa shape index (κ3) is 2.71. The van der Waals surface area contributed by atoms with Crippen LogP contribution in [0.4, 0.5) is 0 Å². The molecule has 2 aromatic rings. The van der Waals surface area contributed by atoms with Gasteiger partial charge in [0.2, 0.25) is 0 Å². The van der Waals surface area contributed by atoms with E-state index in [-0.39, 0.29) is 18.4 Å². The molecule has 3 rings (SSSR count). The number of aliphatic hydroxyl groups excluding tert-OH is 1. The third-order valence-electron chi connectivity index (χ3n) is 4.03. The Bertz CT molecular complexity index is 704. The van der Waals surface area contributed by atoms with E-state index in [0.717, 1.165) is 16.2 Å². The van der Waals surface area contributed by atoms with Gasteiger partial charge in [-0.3, -0.25) is 14.5 Å². The number of aliphatic hydroxyl groups is 1. The average Bonchev–Trinajstić information content (AvgIpc) is 2.85. The van der Waals surface area contributed by atoms with E-state index >= 15 is 0 Å². The topological polar surface area (TPSA) is 66.8 Å². The van der Waals surface area contributed by atoms with Crippen LogP contribution in [0.15, 0.2) is 48.5 Å². The van der Waals surface area contributed by atoms with Crippen LogP contribution in [0.25, 0.3) is 0 Å².